The van der Waals surface area contributed by atoms with Crippen LogP contribution in [0.3, 0.4) is 0 Å². The number of aliphatic carboxylic acids is 1. The van der Waals surface area contributed by atoms with Crippen LogP contribution in [0.15, 0.2) is 24.3 Å². The van der Waals surface area contributed by atoms with Crippen LogP contribution in [0.4, 0.5) is 5.69 Å². The summed E-state index contributed by atoms with van der Waals surface area (Å²) in [6.45, 7) is 4.44. The van der Waals surface area contributed by atoms with E-state index >= 15 is 0 Å². The number of carbonyl (C=O) groups is 1. The minimum absolute atomic E-state index is 0.0407. The Labute approximate surface area is 126 Å². The molecule has 0 spiro atoms. The van der Waals surface area contributed by atoms with E-state index < -0.39 is 11.9 Å². The summed E-state index contributed by atoms with van der Waals surface area (Å²) in [7, 11) is 4.03. The van der Waals surface area contributed by atoms with Crippen LogP contribution in [0, 0.1) is 5.92 Å². The number of hydrogen-bond donors (Lipinski definition) is 1. The Balaban J connectivity index is 2.06. The number of hydrogen-bond acceptors (Lipinski definition) is 4. The van der Waals surface area contributed by atoms with Gasteiger partial charge in [-0.3, -0.25) is 9.69 Å². The molecule has 0 saturated carbocycles. The first-order valence-electron chi connectivity index (χ1n) is 7.33. The van der Waals surface area contributed by atoms with Gasteiger partial charge < -0.3 is 14.7 Å². The summed E-state index contributed by atoms with van der Waals surface area (Å²) in [4.78, 5) is 15.5. The van der Waals surface area contributed by atoms with E-state index in [2.05, 4.69) is 41.0 Å². The molecule has 1 fully saturated rings. The van der Waals surface area contributed by atoms with Gasteiger partial charge in [0, 0.05) is 32.4 Å². The number of carboxylic acids is 1. The third kappa shape index (κ3) is 3.74. The Morgan fingerprint density at radius 2 is 1.95 bits per heavy atom. The lowest BCUT2D eigenvalue weighted by molar-refractivity contribution is -0.143. The van der Waals surface area contributed by atoms with Gasteiger partial charge >= 0.3 is 5.97 Å². The molecule has 5 heteroatoms. The fraction of sp³-hybridized carbons (Fsp3) is 0.562. The third-order valence-electron chi connectivity index (χ3n) is 4.08. The molecule has 1 saturated heterocycles. The molecule has 1 aliphatic heterocycles. The minimum atomic E-state index is -0.765. The first-order chi connectivity index (χ1) is 10.0. The summed E-state index contributed by atoms with van der Waals surface area (Å²) in [5.74, 6) is -1.19. The summed E-state index contributed by atoms with van der Waals surface area (Å²) >= 11 is 0. The molecule has 0 bridgehead atoms. The van der Waals surface area contributed by atoms with Gasteiger partial charge in [-0.1, -0.05) is 19.1 Å². The maximum absolute atomic E-state index is 11.3. The Morgan fingerprint density at radius 1 is 1.29 bits per heavy atom. The number of likely N-dealkylation sites (N-methyl/N-ethyl adjacent to an activating group) is 1. The highest BCUT2D eigenvalue weighted by atomic mass is 16.5. The summed E-state index contributed by atoms with van der Waals surface area (Å²) < 4.78 is 5.37. The van der Waals surface area contributed by atoms with Gasteiger partial charge in [0.15, 0.2) is 0 Å². The Bertz CT molecular complexity index is 473. The van der Waals surface area contributed by atoms with Crippen molar-refractivity contribution in [2.45, 2.75) is 19.5 Å². The smallest absolute Gasteiger partial charge is 0.310 e. The van der Waals surface area contributed by atoms with Gasteiger partial charge in [0.25, 0.3) is 0 Å². The number of anilines is 1. The Kier molecular flexibility index (Phi) is 5.20. The van der Waals surface area contributed by atoms with E-state index in [1.807, 2.05) is 14.1 Å². The van der Waals surface area contributed by atoms with Crippen LogP contribution in [0.1, 0.15) is 12.5 Å². The van der Waals surface area contributed by atoms with Gasteiger partial charge in [0.2, 0.25) is 0 Å². The molecule has 1 aromatic carbocycles. The molecule has 116 valence electrons. The number of carboxylic acid groups (broad SMARTS) is 1. The lowest BCUT2D eigenvalue weighted by Crippen LogP contribution is -2.42. The molecule has 1 heterocycles. The Hall–Kier alpha value is -1.59. The van der Waals surface area contributed by atoms with E-state index in [0.717, 1.165) is 18.8 Å². The van der Waals surface area contributed by atoms with E-state index in [9.17, 15) is 9.90 Å². The van der Waals surface area contributed by atoms with Crippen molar-refractivity contribution < 1.29 is 14.6 Å². The fourth-order valence-electron chi connectivity index (χ4n) is 2.74. The van der Waals surface area contributed by atoms with E-state index in [1.165, 1.54) is 5.56 Å². The average Bonchev–Trinajstić information content (AvgIpc) is 2.94. The standard InChI is InChI=1S/C16H24N2O3/c1-4-18(15-11-21-10-14(15)16(19)20)9-12-5-7-13(8-6-12)17(2)3/h5-8,14-15H,4,9-11H2,1-3H3,(H,19,20). The quantitative estimate of drug-likeness (QED) is 0.864. The van der Waals surface area contributed by atoms with Crippen molar-refractivity contribution in [3.63, 3.8) is 0 Å². The summed E-state index contributed by atoms with van der Waals surface area (Å²) in [6.07, 6.45) is 0. The number of nitrogens with zero attached hydrogens (tertiary/aromatic N) is 2. The van der Waals surface area contributed by atoms with Gasteiger partial charge in [-0.05, 0) is 24.2 Å². The van der Waals surface area contributed by atoms with Gasteiger partial charge in [0.05, 0.1) is 19.1 Å². The molecular weight excluding hydrogens is 268 g/mol. The van der Waals surface area contributed by atoms with Gasteiger partial charge in [-0.15, -0.1) is 0 Å². The van der Waals surface area contributed by atoms with E-state index in [0.29, 0.717) is 13.2 Å². The molecular formula is C16H24N2O3. The molecule has 1 N–H and O–H groups in total. The molecule has 0 aromatic heterocycles. The molecule has 1 aromatic rings. The number of benzene rings is 1. The second kappa shape index (κ2) is 6.91. The maximum atomic E-state index is 11.3. The van der Waals surface area contributed by atoms with Crippen LogP contribution < -0.4 is 4.90 Å². The molecule has 0 radical (unpaired) electrons. The lowest BCUT2D eigenvalue weighted by Gasteiger charge is -2.29. The zero-order chi connectivity index (χ0) is 15.4. The normalized spacial score (nSPS) is 21.7. The van der Waals surface area contributed by atoms with E-state index in [1.54, 1.807) is 0 Å². The lowest BCUT2D eigenvalue weighted by atomic mass is 10.0. The second-order valence-corrected chi connectivity index (χ2v) is 5.67. The number of rotatable bonds is 6. The van der Waals surface area contributed by atoms with Crippen molar-refractivity contribution in [2.75, 3.05) is 38.8 Å². The van der Waals surface area contributed by atoms with Crippen LogP contribution in [-0.4, -0.2) is 55.9 Å². The highest BCUT2D eigenvalue weighted by Crippen LogP contribution is 2.22. The molecule has 1 aliphatic rings. The molecule has 2 atom stereocenters. The maximum Gasteiger partial charge on any atom is 0.310 e. The van der Waals surface area contributed by atoms with Crippen molar-refractivity contribution >= 4 is 11.7 Å². The zero-order valence-electron chi connectivity index (χ0n) is 13.0. The number of ether oxygens (including phenoxy) is 1. The van der Waals surface area contributed by atoms with Gasteiger partial charge in [-0.2, -0.15) is 0 Å². The minimum Gasteiger partial charge on any atom is -0.481 e. The van der Waals surface area contributed by atoms with E-state index in [-0.39, 0.29) is 6.04 Å². The first kappa shape index (κ1) is 15.8. The van der Waals surface area contributed by atoms with Crippen LogP contribution in [0.25, 0.3) is 0 Å². The highest BCUT2D eigenvalue weighted by molar-refractivity contribution is 5.71. The van der Waals surface area contributed by atoms with Crippen LogP contribution in [0.5, 0.6) is 0 Å². The zero-order valence-corrected chi connectivity index (χ0v) is 13.0. The predicted molar refractivity (Wildman–Crippen MR) is 82.6 cm³/mol. The molecule has 21 heavy (non-hydrogen) atoms. The van der Waals surface area contributed by atoms with Crippen LogP contribution in [-0.2, 0) is 16.1 Å². The Morgan fingerprint density at radius 3 is 2.48 bits per heavy atom. The van der Waals surface area contributed by atoms with Crippen LogP contribution >= 0.6 is 0 Å². The van der Waals surface area contributed by atoms with Crippen molar-refractivity contribution in [2.24, 2.45) is 5.92 Å². The third-order valence-corrected chi connectivity index (χ3v) is 4.08. The summed E-state index contributed by atoms with van der Waals surface area (Å²) in [5.41, 5.74) is 2.35. The van der Waals surface area contributed by atoms with E-state index in [4.69, 9.17) is 4.74 Å². The molecule has 2 rings (SSSR count). The van der Waals surface area contributed by atoms with Gasteiger partial charge in [0.1, 0.15) is 0 Å². The van der Waals surface area contributed by atoms with Gasteiger partial charge in [-0.25, -0.2) is 0 Å². The average molecular weight is 292 g/mol. The summed E-state index contributed by atoms with van der Waals surface area (Å²) in [5, 5.41) is 9.28. The first-order valence-corrected chi connectivity index (χ1v) is 7.33. The summed E-state index contributed by atoms with van der Waals surface area (Å²) in [6, 6.07) is 8.33. The van der Waals surface area contributed by atoms with Crippen molar-refractivity contribution in [1.82, 2.24) is 4.90 Å². The monoisotopic (exact) mass is 292 g/mol. The molecule has 0 aliphatic carbocycles. The van der Waals surface area contributed by atoms with Crippen molar-refractivity contribution in [1.29, 1.82) is 0 Å². The van der Waals surface area contributed by atoms with Crippen molar-refractivity contribution in [3.05, 3.63) is 29.8 Å². The second-order valence-electron chi connectivity index (χ2n) is 5.67. The van der Waals surface area contributed by atoms with Crippen LogP contribution in [0.2, 0.25) is 0 Å². The van der Waals surface area contributed by atoms with Crippen molar-refractivity contribution in [3.8, 4) is 0 Å². The topological polar surface area (TPSA) is 53.0 Å². The fourth-order valence-corrected chi connectivity index (χ4v) is 2.74. The highest BCUT2D eigenvalue weighted by Gasteiger charge is 2.37. The molecule has 0 amide bonds. The largest absolute Gasteiger partial charge is 0.481 e. The molecule has 5 nitrogen and oxygen atoms in total. The SMILES string of the molecule is CCN(Cc1ccc(N(C)C)cc1)C1COCC1C(=O)O. The molecule has 2 unspecified atom stereocenters. The predicted octanol–water partition coefficient (Wildman–Crippen LogP) is 1.67.